The maximum atomic E-state index is 6.05. The predicted octanol–water partition coefficient (Wildman–Crippen LogP) is 11.9. The Hall–Kier alpha value is -6.44. The molecule has 0 aliphatic heterocycles. The zero-order valence-electron chi connectivity index (χ0n) is 35.3. The SMILES string of the molecule is CC(C)c1ccc2c(Nc3cc(N(C)C(C)(C)c4ccc(Sc5ccc(N)cc5)c(Nc5ncnc6nc(C(C)C)ccc56)c4)ccc3Sc3ccc(N)cc3)ncnc2n1. The molecule has 4 aromatic heterocycles. The van der Waals surface area contributed by atoms with E-state index in [9.17, 15) is 0 Å². The summed E-state index contributed by atoms with van der Waals surface area (Å²) in [6.07, 6.45) is 3.14. The number of nitrogens with two attached hydrogens (primary N) is 2. The first-order valence-electron chi connectivity index (χ1n) is 20.2. The molecular weight excluding hydrogens is 795 g/mol. The summed E-state index contributed by atoms with van der Waals surface area (Å²) in [6.45, 7) is 13.0. The fraction of sp³-hybridized carbons (Fsp3) is 0.208. The lowest BCUT2D eigenvalue weighted by Gasteiger charge is -2.39. The summed E-state index contributed by atoms with van der Waals surface area (Å²) >= 11 is 3.32. The number of anilines is 7. The van der Waals surface area contributed by atoms with Crippen LogP contribution in [0.4, 0.5) is 40.1 Å². The van der Waals surface area contributed by atoms with Crippen molar-refractivity contribution in [1.29, 1.82) is 0 Å². The van der Waals surface area contributed by atoms with Gasteiger partial charge in [-0.15, -0.1) is 0 Å². The molecule has 61 heavy (non-hydrogen) atoms. The van der Waals surface area contributed by atoms with Gasteiger partial charge in [-0.25, -0.2) is 29.9 Å². The maximum absolute atomic E-state index is 6.05. The molecule has 11 nitrogen and oxygen atoms in total. The molecule has 8 aromatic rings. The average molecular weight is 844 g/mol. The number of pyridine rings is 2. The van der Waals surface area contributed by atoms with Crippen molar-refractivity contribution in [2.24, 2.45) is 0 Å². The molecule has 0 unspecified atom stereocenters. The minimum atomic E-state index is -0.482. The standard InChI is InChI=1S/C48H49N11S2/c1-28(2)38-20-18-36-44(55-38)51-26-53-46(36)57-40-24-30(8-22-42(40)60-34-14-9-31(49)10-15-34)48(5,6)59(7)33-13-23-43(61-35-16-11-32(50)12-17-35)41(25-33)58-47-37-19-21-39(29(3)4)56-45(37)52-27-54-47/h8-29H,49-50H2,1-7H3,(H,51,53,55,57)(H,52,54,56,58). The van der Waals surface area contributed by atoms with Gasteiger partial charge in [0.05, 0.1) is 27.7 Å². The van der Waals surface area contributed by atoms with Gasteiger partial charge in [0.1, 0.15) is 24.3 Å². The van der Waals surface area contributed by atoms with Crippen molar-refractivity contribution in [2.75, 3.05) is 34.0 Å². The molecule has 4 aromatic carbocycles. The number of fused-ring (bicyclic) bond motifs is 2. The van der Waals surface area contributed by atoms with E-state index in [4.69, 9.17) is 31.4 Å². The largest absolute Gasteiger partial charge is 0.399 e. The zero-order chi connectivity index (χ0) is 42.8. The summed E-state index contributed by atoms with van der Waals surface area (Å²) in [4.78, 5) is 34.6. The van der Waals surface area contributed by atoms with Gasteiger partial charge in [0, 0.05) is 55.1 Å². The summed E-state index contributed by atoms with van der Waals surface area (Å²) < 4.78 is 0. The lowest BCUT2D eigenvalue weighted by molar-refractivity contribution is 0.514. The summed E-state index contributed by atoms with van der Waals surface area (Å²) in [5.41, 5.74) is 20.3. The number of benzene rings is 4. The van der Waals surface area contributed by atoms with E-state index in [-0.39, 0.29) is 11.8 Å². The minimum absolute atomic E-state index is 0.280. The van der Waals surface area contributed by atoms with Gasteiger partial charge in [-0.05, 0) is 134 Å². The Morgan fingerprint density at radius 2 is 1.02 bits per heavy atom. The van der Waals surface area contributed by atoms with Crippen LogP contribution in [0.25, 0.3) is 22.1 Å². The van der Waals surface area contributed by atoms with Crippen molar-refractivity contribution >= 4 is 85.7 Å². The first-order valence-corrected chi connectivity index (χ1v) is 21.8. The highest BCUT2D eigenvalue weighted by Crippen LogP contribution is 2.43. The molecule has 0 atom stereocenters. The Balaban J connectivity index is 1.17. The van der Waals surface area contributed by atoms with Crippen LogP contribution in [0.5, 0.6) is 0 Å². The molecule has 0 aliphatic carbocycles. The summed E-state index contributed by atoms with van der Waals surface area (Å²) in [7, 11) is 2.13. The molecule has 4 heterocycles. The van der Waals surface area contributed by atoms with Crippen molar-refractivity contribution < 1.29 is 0 Å². The number of nitrogens with zero attached hydrogens (tertiary/aromatic N) is 7. The van der Waals surface area contributed by atoms with E-state index in [2.05, 4.69) is 129 Å². The van der Waals surface area contributed by atoms with E-state index in [1.165, 1.54) is 0 Å². The predicted molar refractivity (Wildman–Crippen MR) is 254 cm³/mol. The van der Waals surface area contributed by atoms with Crippen molar-refractivity contribution in [1.82, 2.24) is 29.9 Å². The van der Waals surface area contributed by atoms with Crippen LogP contribution in [0.2, 0.25) is 0 Å². The fourth-order valence-corrected chi connectivity index (χ4v) is 8.63. The van der Waals surface area contributed by atoms with Crippen LogP contribution < -0.4 is 27.0 Å². The lowest BCUT2D eigenvalue weighted by atomic mass is 9.91. The molecule has 0 amide bonds. The quantitative estimate of drug-likeness (QED) is 0.0814. The molecule has 0 fully saturated rings. The number of rotatable bonds is 13. The Kier molecular flexibility index (Phi) is 11.7. The number of nitrogens with one attached hydrogen (secondary N) is 2. The van der Waals surface area contributed by atoms with Gasteiger partial charge >= 0.3 is 0 Å². The summed E-state index contributed by atoms with van der Waals surface area (Å²) in [5, 5.41) is 9.06. The maximum Gasteiger partial charge on any atom is 0.164 e. The van der Waals surface area contributed by atoms with Crippen LogP contribution in [0.1, 0.15) is 70.3 Å². The van der Waals surface area contributed by atoms with E-state index in [0.717, 1.165) is 75.7 Å². The summed E-state index contributed by atoms with van der Waals surface area (Å²) in [5.74, 6) is 1.93. The number of hydrogen-bond acceptors (Lipinski definition) is 13. The van der Waals surface area contributed by atoms with Crippen molar-refractivity contribution in [3.63, 3.8) is 0 Å². The highest BCUT2D eigenvalue weighted by molar-refractivity contribution is 7.99. The Labute approximate surface area is 365 Å². The third kappa shape index (κ3) is 9.03. The minimum Gasteiger partial charge on any atom is -0.399 e. The highest BCUT2D eigenvalue weighted by atomic mass is 32.2. The molecule has 8 rings (SSSR count). The van der Waals surface area contributed by atoms with Crippen molar-refractivity contribution in [3.8, 4) is 0 Å². The van der Waals surface area contributed by atoms with Crippen molar-refractivity contribution in [2.45, 2.75) is 78.5 Å². The Morgan fingerprint density at radius 3 is 1.49 bits per heavy atom. The zero-order valence-corrected chi connectivity index (χ0v) is 36.9. The summed E-state index contributed by atoms with van der Waals surface area (Å²) in [6, 6.07) is 37.1. The monoisotopic (exact) mass is 843 g/mol. The van der Waals surface area contributed by atoms with Crippen LogP contribution >= 0.6 is 23.5 Å². The molecule has 0 bridgehead atoms. The average Bonchev–Trinajstić information content (AvgIpc) is 3.25. The van der Waals surface area contributed by atoms with Gasteiger partial charge in [-0.3, -0.25) is 0 Å². The van der Waals surface area contributed by atoms with Crippen molar-refractivity contribution in [3.05, 3.63) is 139 Å². The van der Waals surface area contributed by atoms with Gasteiger partial charge in [0.2, 0.25) is 0 Å². The van der Waals surface area contributed by atoms with Gasteiger partial charge in [-0.2, -0.15) is 0 Å². The molecular formula is C48H49N11S2. The van der Waals surface area contributed by atoms with Crippen LogP contribution in [-0.2, 0) is 5.54 Å². The number of hydrogen-bond donors (Lipinski definition) is 4. The number of nitrogen functional groups attached to an aromatic ring is 2. The first kappa shape index (κ1) is 41.3. The second-order valence-corrected chi connectivity index (χ2v) is 18.3. The third-order valence-electron chi connectivity index (χ3n) is 10.8. The smallest absolute Gasteiger partial charge is 0.164 e. The molecule has 0 radical (unpaired) electrons. The van der Waals surface area contributed by atoms with Gasteiger partial charge in [0.25, 0.3) is 0 Å². The van der Waals surface area contributed by atoms with Gasteiger partial charge in [0.15, 0.2) is 11.3 Å². The molecule has 308 valence electrons. The van der Waals surface area contributed by atoms with Crippen LogP contribution in [-0.4, -0.2) is 37.0 Å². The molecule has 0 aliphatic rings. The highest BCUT2D eigenvalue weighted by Gasteiger charge is 2.28. The van der Waals surface area contributed by atoms with Crippen LogP contribution in [0, 0.1) is 0 Å². The van der Waals surface area contributed by atoms with Crippen LogP contribution in [0.3, 0.4) is 0 Å². The second-order valence-electron chi connectivity index (χ2n) is 16.1. The van der Waals surface area contributed by atoms with E-state index in [1.807, 2.05) is 54.6 Å². The van der Waals surface area contributed by atoms with E-state index >= 15 is 0 Å². The first-order chi connectivity index (χ1) is 29.3. The topological polar surface area (TPSA) is 157 Å². The molecule has 0 saturated heterocycles. The number of aromatic nitrogens is 6. The fourth-order valence-electron chi connectivity index (χ4n) is 6.86. The second kappa shape index (κ2) is 17.3. The molecule has 0 spiro atoms. The van der Waals surface area contributed by atoms with Crippen LogP contribution in [0.15, 0.2) is 141 Å². The van der Waals surface area contributed by atoms with Gasteiger partial charge in [-0.1, -0.05) is 57.3 Å². The van der Waals surface area contributed by atoms with Gasteiger partial charge < -0.3 is 27.0 Å². The van der Waals surface area contributed by atoms with E-state index in [1.54, 1.807) is 36.2 Å². The molecule has 13 heteroatoms. The Bertz CT molecular complexity index is 2850. The van der Waals surface area contributed by atoms with E-state index < -0.39 is 5.54 Å². The third-order valence-corrected chi connectivity index (χ3v) is 13.0. The van der Waals surface area contributed by atoms with E-state index in [0.29, 0.717) is 22.9 Å². The molecule has 0 saturated carbocycles. The molecule has 6 N–H and O–H groups in total. The normalized spacial score (nSPS) is 11.8. The lowest BCUT2D eigenvalue weighted by Crippen LogP contribution is -2.38. The Morgan fingerprint density at radius 1 is 0.557 bits per heavy atom.